The van der Waals surface area contributed by atoms with Crippen molar-refractivity contribution >= 4 is 11.8 Å². The van der Waals surface area contributed by atoms with Gasteiger partial charge in [-0.3, -0.25) is 0 Å². The van der Waals surface area contributed by atoms with Crippen LogP contribution in [0.25, 0.3) is 0 Å². The summed E-state index contributed by atoms with van der Waals surface area (Å²) in [5.74, 6) is 3.19. The average Bonchev–Trinajstić information content (AvgIpc) is 2.39. The van der Waals surface area contributed by atoms with Gasteiger partial charge in [0.2, 0.25) is 0 Å². The maximum Gasteiger partial charge on any atom is 0.0459 e. The molecule has 0 unspecified atom stereocenters. The molecule has 0 aromatic heterocycles. The lowest BCUT2D eigenvalue weighted by Gasteiger charge is -2.26. The highest BCUT2D eigenvalue weighted by Gasteiger charge is 2.10. The lowest BCUT2D eigenvalue weighted by molar-refractivity contribution is 0.202. The molecular weight excluding hydrogens is 230 g/mol. The molecule has 17 heavy (non-hydrogen) atoms. The first-order valence-electron chi connectivity index (χ1n) is 7.27. The highest BCUT2D eigenvalue weighted by atomic mass is 32.2. The van der Waals surface area contributed by atoms with Crippen LogP contribution in [0.4, 0.5) is 0 Å². The molecule has 0 amide bonds. The fourth-order valence-corrected chi connectivity index (χ4v) is 3.39. The summed E-state index contributed by atoms with van der Waals surface area (Å²) < 4.78 is 0. The van der Waals surface area contributed by atoms with Crippen LogP contribution >= 0.6 is 11.8 Å². The van der Waals surface area contributed by atoms with Crippen LogP contribution in [0.1, 0.15) is 45.4 Å². The summed E-state index contributed by atoms with van der Waals surface area (Å²) in [4.78, 5) is 2.59. The van der Waals surface area contributed by atoms with Crippen molar-refractivity contribution in [1.82, 2.24) is 4.90 Å². The number of thioether (sulfide) groups is 1. The highest BCUT2D eigenvalue weighted by Crippen LogP contribution is 2.16. The zero-order valence-electron chi connectivity index (χ0n) is 11.4. The van der Waals surface area contributed by atoms with E-state index in [0.29, 0.717) is 12.5 Å². The molecule has 1 saturated heterocycles. The van der Waals surface area contributed by atoms with Crippen LogP contribution in [0.3, 0.4) is 0 Å². The molecule has 0 aliphatic carbocycles. The van der Waals surface area contributed by atoms with Crippen molar-refractivity contribution < 1.29 is 5.11 Å². The van der Waals surface area contributed by atoms with Crippen LogP contribution < -0.4 is 0 Å². The van der Waals surface area contributed by atoms with Gasteiger partial charge in [-0.15, -0.1) is 0 Å². The molecule has 1 aliphatic rings. The van der Waals surface area contributed by atoms with Gasteiger partial charge in [-0.05, 0) is 31.7 Å². The molecule has 0 aromatic carbocycles. The van der Waals surface area contributed by atoms with Gasteiger partial charge in [0, 0.05) is 31.2 Å². The Morgan fingerprint density at radius 1 is 1.12 bits per heavy atom. The van der Waals surface area contributed by atoms with Crippen molar-refractivity contribution in [2.24, 2.45) is 5.92 Å². The smallest absolute Gasteiger partial charge is 0.0459 e. The second kappa shape index (κ2) is 10.2. The Bertz CT molecular complexity index is 172. The zero-order chi connectivity index (χ0) is 12.3. The first-order valence-corrected chi connectivity index (χ1v) is 8.43. The third kappa shape index (κ3) is 7.32. The Labute approximate surface area is 111 Å². The second-order valence-corrected chi connectivity index (χ2v) is 6.37. The summed E-state index contributed by atoms with van der Waals surface area (Å²) in [6.45, 7) is 6.45. The predicted octanol–water partition coefficient (Wildman–Crippen LogP) is 3.00. The minimum absolute atomic E-state index is 0.389. The Morgan fingerprint density at radius 3 is 2.47 bits per heavy atom. The summed E-state index contributed by atoms with van der Waals surface area (Å²) in [6, 6.07) is 0. The van der Waals surface area contributed by atoms with Gasteiger partial charge in [0.05, 0.1) is 0 Å². The molecule has 1 rings (SSSR count). The van der Waals surface area contributed by atoms with E-state index in [2.05, 4.69) is 23.6 Å². The zero-order valence-corrected chi connectivity index (χ0v) is 12.2. The van der Waals surface area contributed by atoms with E-state index in [1.54, 1.807) is 0 Å². The first-order chi connectivity index (χ1) is 8.36. The van der Waals surface area contributed by atoms with E-state index in [9.17, 15) is 5.11 Å². The first kappa shape index (κ1) is 15.3. The Kier molecular flexibility index (Phi) is 9.21. The van der Waals surface area contributed by atoms with Gasteiger partial charge in [0.25, 0.3) is 0 Å². The Hall–Kier alpha value is 0.270. The molecule has 1 fully saturated rings. The number of nitrogens with zero attached hydrogens (tertiary/aromatic N) is 1. The maximum absolute atomic E-state index is 9.29. The molecule has 1 N–H and O–H groups in total. The van der Waals surface area contributed by atoms with E-state index in [1.165, 1.54) is 69.7 Å². The number of hydrogen-bond donors (Lipinski definition) is 1. The van der Waals surface area contributed by atoms with Crippen molar-refractivity contribution in [2.75, 3.05) is 37.7 Å². The van der Waals surface area contributed by atoms with Crippen LogP contribution in [0.2, 0.25) is 0 Å². The molecule has 0 radical (unpaired) electrons. The van der Waals surface area contributed by atoms with E-state index in [-0.39, 0.29) is 0 Å². The van der Waals surface area contributed by atoms with Crippen molar-refractivity contribution in [2.45, 2.75) is 45.4 Å². The van der Waals surface area contributed by atoms with Crippen LogP contribution in [0.5, 0.6) is 0 Å². The fourth-order valence-electron chi connectivity index (χ4n) is 2.41. The third-order valence-corrected chi connectivity index (χ3v) is 4.61. The molecule has 1 atom stereocenters. The quantitative estimate of drug-likeness (QED) is 0.644. The van der Waals surface area contributed by atoms with E-state index < -0.39 is 0 Å². The molecule has 3 heteroatoms. The van der Waals surface area contributed by atoms with Gasteiger partial charge in [0.1, 0.15) is 0 Å². The minimum Gasteiger partial charge on any atom is -0.396 e. The Morgan fingerprint density at radius 2 is 1.82 bits per heavy atom. The SMILES string of the molecule is CCCC[C@H](CO)CCCCN1CCSCC1. The standard InChI is InChI=1S/C14H29NOS/c1-2-3-6-14(13-16)7-4-5-8-15-9-11-17-12-10-15/h14,16H,2-13H2,1H3/t14-/m0/s1. The van der Waals surface area contributed by atoms with Gasteiger partial charge < -0.3 is 10.0 Å². The summed E-state index contributed by atoms with van der Waals surface area (Å²) in [6.07, 6.45) is 7.56. The van der Waals surface area contributed by atoms with Crippen molar-refractivity contribution in [3.8, 4) is 0 Å². The van der Waals surface area contributed by atoms with Crippen LogP contribution in [-0.2, 0) is 0 Å². The maximum atomic E-state index is 9.29. The number of rotatable bonds is 9. The number of aliphatic hydroxyl groups is 1. The lowest BCUT2D eigenvalue weighted by atomic mass is 9.97. The van der Waals surface area contributed by atoms with Crippen LogP contribution in [0, 0.1) is 5.92 Å². The lowest BCUT2D eigenvalue weighted by Crippen LogP contribution is -2.33. The fraction of sp³-hybridized carbons (Fsp3) is 1.00. The molecule has 0 aromatic rings. The predicted molar refractivity (Wildman–Crippen MR) is 77.7 cm³/mol. The molecule has 0 bridgehead atoms. The molecule has 102 valence electrons. The van der Waals surface area contributed by atoms with Gasteiger partial charge in [-0.25, -0.2) is 0 Å². The monoisotopic (exact) mass is 259 g/mol. The number of unbranched alkanes of at least 4 members (excludes halogenated alkanes) is 2. The van der Waals surface area contributed by atoms with Crippen LogP contribution in [-0.4, -0.2) is 47.8 Å². The number of hydrogen-bond acceptors (Lipinski definition) is 3. The topological polar surface area (TPSA) is 23.5 Å². The minimum atomic E-state index is 0.389. The summed E-state index contributed by atoms with van der Waals surface area (Å²) in [5.41, 5.74) is 0. The summed E-state index contributed by atoms with van der Waals surface area (Å²) in [5, 5.41) is 9.29. The molecule has 2 nitrogen and oxygen atoms in total. The van der Waals surface area contributed by atoms with Gasteiger partial charge in [-0.1, -0.05) is 26.2 Å². The normalized spacial score (nSPS) is 19.4. The average molecular weight is 259 g/mol. The van der Waals surface area contributed by atoms with Gasteiger partial charge in [-0.2, -0.15) is 11.8 Å². The second-order valence-electron chi connectivity index (χ2n) is 5.14. The Balaban J connectivity index is 1.97. The van der Waals surface area contributed by atoms with E-state index >= 15 is 0 Å². The van der Waals surface area contributed by atoms with Crippen LogP contribution in [0.15, 0.2) is 0 Å². The molecule has 1 heterocycles. The third-order valence-electron chi connectivity index (χ3n) is 3.66. The van der Waals surface area contributed by atoms with E-state index in [0.717, 1.165) is 0 Å². The number of aliphatic hydroxyl groups excluding tert-OH is 1. The summed E-state index contributed by atoms with van der Waals surface area (Å²) in [7, 11) is 0. The van der Waals surface area contributed by atoms with Gasteiger partial charge >= 0.3 is 0 Å². The summed E-state index contributed by atoms with van der Waals surface area (Å²) >= 11 is 2.08. The van der Waals surface area contributed by atoms with Gasteiger partial charge in [0.15, 0.2) is 0 Å². The molecule has 0 spiro atoms. The molecule has 0 saturated carbocycles. The highest BCUT2D eigenvalue weighted by molar-refractivity contribution is 7.99. The van der Waals surface area contributed by atoms with Crippen molar-refractivity contribution in [1.29, 1.82) is 0 Å². The largest absolute Gasteiger partial charge is 0.396 e. The van der Waals surface area contributed by atoms with E-state index in [1.807, 2.05) is 0 Å². The van der Waals surface area contributed by atoms with Crippen molar-refractivity contribution in [3.63, 3.8) is 0 Å². The van der Waals surface area contributed by atoms with Crippen molar-refractivity contribution in [3.05, 3.63) is 0 Å². The van der Waals surface area contributed by atoms with E-state index in [4.69, 9.17) is 0 Å². The molecule has 1 aliphatic heterocycles. The molecular formula is C14H29NOS.